The minimum absolute atomic E-state index is 0.201. The van der Waals surface area contributed by atoms with Crippen molar-refractivity contribution < 1.29 is 4.92 Å². The molecule has 0 amide bonds. The highest BCUT2D eigenvalue weighted by Crippen LogP contribution is 2.23. The van der Waals surface area contributed by atoms with Gasteiger partial charge in [0.05, 0.1) is 4.92 Å². The van der Waals surface area contributed by atoms with E-state index in [4.69, 9.17) is 5.73 Å². The van der Waals surface area contributed by atoms with Crippen LogP contribution in [0.3, 0.4) is 0 Å². The molecule has 0 bridgehead atoms. The van der Waals surface area contributed by atoms with Crippen molar-refractivity contribution in [1.82, 2.24) is 0 Å². The highest BCUT2D eigenvalue weighted by molar-refractivity contribution is 7.99. The van der Waals surface area contributed by atoms with Crippen LogP contribution in [0, 0.1) is 10.1 Å². The zero-order valence-electron chi connectivity index (χ0n) is 11.0. The van der Waals surface area contributed by atoms with Gasteiger partial charge in [0.25, 0.3) is 5.69 Å². The maximum absolute atomic E-state index is 10.9. The molecule has 2 N–H and O–H groups in total. The minimum Gasteiger partial charge on any atom is -0.326 e. The van der Waals surface area contributed by atoms with E-state index in [0.29, 0.717) is 13.0 Å². The summed E-state index contributed by atoms with van der Waals surface area (Å²) >= 11 is 1.69. The molecular formula is C15H16N2O2S. The van der Waals surface area contributed by atoms with Crippen LogP contribution in [0.15, 0.2) is 53.4 Å². The predicted octanol–water partition coefficient (Wildman–Crippen LogP) is 3.39. The smallest absolute Gasteiger partial charge is 0.272 e. The fraction of sp³-hybridized carbons (Fsp3) is 0.200. The molecule has 4 nitrogen and oxygen atoms in total. The maximum Gasteiger partial charge on any atom is 0.272 e. The van der Waals surface area contributed by atoms with Crippen LogP contribution in [-0.2, 0) is 13.0 Å². The summed E-state index contributed by atoms with van der Waals surface area (Å²) in [4.78, 5) is 11.7. The Morgan fingerprint density at radius 1 is 1.10 bits per heavy atom. The number of nitrogens with two attached hydrogens (primary N) is 1. The van der Waals surface area contributed by atoms with Gasteiger partial charge < -0.3 is 5.73 Å². The van der Waals surface area contributed by atoms with E-state index < -0.39 is 0 Å². The normalized spacial score (nSPS) is 10.4. The fourth-order valence-electron chi connectivity index (χ4n) is 1.90. The molecular weight excluding hydrogens is 272 g/mol. The summed E-state index contributed by atoms with van der Waals surface area (Å²) in [6.07, 6.45) is 0.681. The summed E-state index contributed by atoms with van der Waals surface area (Å²) < 4.78 is 0. The Labute approximate surface area is 122 Å². The zero-order valence-corrected chi connectivity index (χ0v) is 11.8. The largest absolute Gasteiger partial charge is 0.326 e. The molecule has 0 atom stereocenters. The molecule has 104 valence electrons. The van der Waals surface area contributed by atoms with Crippen molar-refractivity contribution in [1.29, 1.82) is 0 Å². The summed E-state index contributed by atoms with van der Waals surface area (Å²) in [6, 6.07) is 15.0. The van der Waals surface area contributed by atoms with Gasteiger partial charge in [-0.1, -0.05) is 30.3 Å². The van der Waals surface area contributed by atoms with E-state index >= 15 is 0 Å². The van der Waals surface area contributed by atoms with E-state index in [-0.39, 0.29) is 10.6 Å². The molecule has 0 radical (unpaired) electrons. The molecule has 0 saturated heterocycles. The van der Waals surface area contributed by atoms with E-state index in [1.807, 2.05) is 36.4 Å². The Bertz CT molecular complexity index is 585. The van der Waals surface area contributed by atoms with Gasteiger partial charge in [0, 0.05) is 28.8 Å². The molecule has 0 unspecified atom stereocenters. The monoisotopic (exact) mass is 288 g/mol. The highest BCUT2D eigenvalue weighted by atomic mass is 32.2. The Kier molecular flexibility index (Phi) is 5.15. The van der Waals surface area contributed by atoms with Gasteiger partial charge in [-0.2, -0.15) is 0 Å². The van der Waals surface area contributed by atoms with Crippen molar-refractivity contribution in [2.24, 2.45) is 5.73 Å². The topological polar surface area (TPSA) is 69.2 Å². The second-order valence-corrected chi connectivity index (χ2v) is 5.50. The number of rotatable bonds is 6. The van der Waals surface area contributed by atoms with E-state index in [1.165, 1.54) is 0 Å². The first kappa shape index (κ1) is 14.6. The van der Waals surface area contributed by atoms with Gasteiger partial charge in [0.1, 0.15) is 0 Å². The van der Waals surface area contributed by atoms with Crippen molar-refractivity contribution in [2.45, 2.75) is 17.9 Å². The summed E-state index contributed by atoms with van der Waals surface area (Å²) in [5.74, 6) is 0.812. The molecule has 0 saturated carbocycles. The number of hydrogen-bond donors (Lipinski definition) is 1. The van der Waals surface area contributed by atoms with Crippen molar-refractivity contribution in [3.8, 4) is 0 Å². The maximum atomic E-state index is 10.9. The number of nitro benzene ring substituents is 1. The Balaban J connectivity index is 1.94. The molecule has 2 aromatic carbocycles. The van der Waals surface area contributed by atoms with Crippen molar-refractivity contribution in [2.75, 3.05) is 5.75 Å². The second-order valence-electron chi connectivity index (χ2n) is 4.33. The number of hydrogen-bond acceptors (Lipinski definition) is 4. The quantitative estimate of drug-likeness (QED) is 0.502. The van der Waals surface area contributed by atoms with Crippen LogP contribution in [0.5, 0.6) is 0 Å². The molecule has 2 aromatic rings. The van der Waals surface area contributed by atoms with Gasteiger partial charge in [-0.3, -0.25) is 10.1 Å². The van der Waals surface area contributed by atoms with Gasteiger partial charge in [0.15, 0.2) is 0 Å². The molecule has 0 fully saturated rings. The van der Waals surface area contributed by atoms with Crippen LogP contribution in [0.1, 0.15) is 11.1 Å². The Morgan fingerprint density at radius 3 is 2.45 bits per heavy atom. The van der Waals surface area contributed by atoms with Gasteiger partial charge in [-0.05, 0) is 24.1 Å². The summed E-state index contributed by atoms with van der Waals surface area (Å²) in [5.41, 5.74) is 7.64. The summed E-state index contributed by atoms with van der Waals surface area (Å²) in [6.45, 7) is 0.543. The average molecular weight is 288 g/mol. The van der Waals surface area contributed by atoms with Gasteiger partial charge in [-0.15, -0.1) is 11.8 Å². The molecule has 5 heteroatoms. The van der Waals surface area contributed by atoms with Crippen molar-refractivity contribution in [3.05, 3.63) is 69.8 Å². The standard InChI is InChI=1S/C15H16N2O2S/c16-11-12-5-7-14(8-6-12)20-10-9-13-3-1-2-4-15(13)17(18)19/h1-8H,9-11,16H2. The van der Waals surface area contributed by atoms with E-state index in [9.17, 15) is 10.1 Å². The SMILES string of the molecule is NCc1ccc(SCCc2ccccc2[N+](=O)[O-])cc1. The van der Waals surface area contributed by atoms with Crippen LogP contribution >= 0.6 is 11.8 Å². The lowest BCUT2D eigenvalue weighted by atomic mass is 10.1. The minimum atomic E-state index is -0.323. The number of benzene rings is 2. The molecule has 2 rings (SSSR count). The molecule has 0 aliphatic carbocycles. The van der Waals surface area contributed by atoms with Gasteiger partial charge >= 0.3 is 0 Å². The van der Waals surface area contributed by atoms with E-state index in [0.717, 1.165) is 21.8 Å². The number of thioether (sulfide) groups is 1. The zero-order chi connectivity index (χ0) is 14.4. The molecule has 0 aliphatic heterocycles. The molecule has 20 heavy (non-hydrogen) atoms. The van der Waals surface area contributed by atoms with Crippen LogP contribution in [0.2, 0.25) is 0 Å². The van der Waals surface area contributed by atoms with Crippen LogP contribution in [0.25, 0.3) is 0 Å². The lowest BCUT2D eigenvalue weighted by molar-refractivity contribution is -0.385. The fourth-order valence-corrected chi connectivity index (χ4v) is 2.79. The van der Waals surface area contributed by atoms with Crippen molar-refractivity contribution >= 4 is 17.4 Å². The molecule has 0 spiro atoms. The highest BCUT2D eigenvalue weighted by Gasteiger charge is 2.11. The number of aryl methyl sites for hydroxylation is 1. The van der Waals surface area contributed by atoms with E-state index in [2.05, 4.69) is 0 Å². The number of nitrogens with zero attached hydrogens (tertiary/aromatic N) is 1. The summed E-state index contributed by atoms with van der Waals surface area (Å²) in [5, 5.41) is 10.9. The van der Waals surface area contributed by atoms with E-state index in [1.54, 1.807) is 23.9 Å². The summed E-state index contributed by atoms with van der Waals surface area (Å²) in [7, 11) is 0. The third-order valence-corrected chi connectivity index (χ3v) is 4.00. The Hall–Kier alpha value is -1.85. The number of para-hydroxylation sites is 1. The lowest BCUT2D eigenvalue weighted by Crippen LogP contribution is -1.97. The van der Waals surface area contributed by atoms with Crippen LogP contribution in [-0.4, -0.2) is 10.7 Å². The van der Waals surface area contributed by atoms with Crippen molar-refractivity contribution in [3.63, 3.8) is 0 Å². The molecule has 0 heterocycles. The number of nitro groups is 1. The second kappa shape index (κ2) is 7.07. The average Bonchev–Trinajstić information content (AvgIpc) is 2.48. The molecule has 0 aliphatic rings. The molecule has 0 aromatic heterocycles. The Morgan fingerprint density at radius 2 is 1.80 bits per heavy atom. The van der Waals surface area contributed by atoms with Gasteiger partial charge in [-0.25, -0.2) is 0 Å². The first-order valence-electron chi connectivity index (χ1n) is 6.35. The third kappa shape index (κ3) is 3.82. The predicted molar refractivity (Wildman–Crippen MR) is 81.9 cm³/mol. The van der Waals surface area contributed by atoms with Crippen LogP contribution in [0.4, 0.5) is 5.69 Å². The van der Waals surface area contributed by atoms with Gasteiger partial charge in [0.2, 0.25) is 0 Å². The third-order valence-electron chi connectivity index (χ3n) is 2.99. The first-order chi connectivity index (χ1) is 9.70. The van der Waals surface area contributed by atoms with Crippen LogP contribution < -0.4 is 5.73 Å². The first-order valence-corrected chi connectivity index (χ1v) is 7.33. The lowest BCUT2D eigenvalue weighted by Gasteiger charge is -2.04.